The van der Waals surface area contributed by atoms with Gasteiger partial charge >= 0.3 is 6.18 Å². The molecule has 7 heteroatoms. The van der Waals surface area contributed by atoms with Crippen molar-refractivity contribution in [3.8, 4) is 0 Å². The van der Waals surface area contributed by atoms with Crippen LogP contribution in [0.3, 0.4) is 0 Å². The topological polar surface area (TPSA) is 70.1 Å². The van der Waals surface area contributed by atoms with Gasteiger partial charge in [0.05, 0.1) is 22.6 Å². The summed E-state index contributed by atoms with van der Waals surface area (Å²) >= 11 is 0.896. The summed E-state index contributed by atoms with van der Waals surface area (Å²) in [4.78, 5) is 0. The Balaban J connectivity index is 2.78. The van der Waals surface area contributed by atoms with E-state index in [1.165, 1.54) is 12.1 Å². The van der Waals surface area contributed by atoms with Crippen LogP contribution in [0.25, 0.3) is 0 Å². The summed E-state index contributed by atoms with van der Waals surface area (Å²) in [5, 5.41) is 15.7. The van der Waals surface area contributed by atoms with E-state index in [9.17, 15) is 13.2 Å². The van der Waals surface area contributed by atoms with Gasteiger partial charge in [-0.2, -0.15) is 13.2 Å². The zero-order valence-electron chi connectivity index (χ0n) is 8.66. The maximum absolute atomic E-state index is 12.3. The van der Waals surface area contributed by atoms with Crippen molar-refractivity contribution >= 4 is 16.8 Å². The van der Waals surface area contributed by atoms with Crippen molar-refractivity contribution in [1.82, 2.24) is 0 Å². The fourth-order valence-corrected chi connectivity index (χ4v) is 1.72. The number of halogens is 3. The Morgan fingerprint density at radius 3 is 2.29 bits per heavy atom. The van der Waals surface area contributed by atoms with Gasteiger partial charge in [-0.15, -0.1) is 0 Å². The minimum atomic E-state index is -4.38. The summed E-state index contributed by atoms with van der Waals surface area (Å²) < 4.78 is 36.8. The van der Waals surface area contributed by atoms with Gasteiger partial charge in [-0.3, -0.25) is 5.41 Å². The summed E-state index contributed by atoms with van der Waals surface area (Å²) in [6, 6.07) is 4.24. The van der Waals surface area contributed by atoms with Crippen LogP contribution >= 0.6 is 11.8 Å². The Bertz CT molecular complexity index is 392. The van der Waals surface area contributed by atoms with Gasteiger partial charge in [0.15, 0.2) is 0 Å². The number of hydrogen-bond donors (Lipinski definition) is 3. The summed E-state index contributed by atoms with van der Waals surface area (Å²) in [6.07, 6.45) is -4.38. The zero-order valence-corrected chi connectivity index (χ0v) is 9.48. The third kappa shape index (κ3) is 4.03. The second-order valence-electron chi connectivity index (χ2n) is 3.24. The highest BCUT2D eigenvalue weighted by Crippen LogP contribution is 2.29. The Kier molecular flexibility index (Phi) is 4.55. The molecule has 0 aliphatic heterocycles. The number of rotatable bonds is 3. The van der Waals surface area contributed by atoms with E-state index in [0.717, 1.165) is 23.9 Å². The molecule has 0 heterocycles. The third-order valence-corrected chi connectivity index (χ3v) is 2.85. The maximum Gasteiger partial charge on any atom is 0.416 e. The minimum absolute atomic E-state index is 0.0280. The molecule has 0 radical (unpaired) electrons. The summed E-state index contributed by atoms with van der Waals surface area (Å²) in [5.41, 5.74) is 4.98. The lowest BCUT2D eigenvalue weighted by Gasteiger charge is -2.10. The van der Waals surface area contributed by atoms with E-state index < -0.39 is 17.1 Å². The van der Waals surface area contributed by atoms with Gasteiger partial charge in [-0.1, -0.05) is 23.9 Å². The number of nitrogens with one attached hydrogen (secondary N) is 1. The Labute approximate surface area is 100 Å². The van der Waals surface area contributed by atoms with Gasteiger partial charge in [0.1, 0.15) is 0 Å². The lowest BCUT2D eigenvalue weighted by Crippen LogP contribution is -2.22. The summed E-state index contributed by atoms with van der Waals surface area (Å²) in [7, 11) is 0. The molecule has 94 valence electrons. The molecule has 1 unspecified atom stereocenters. The number of alkyl halides is 3. The normalized spacial score (nSPS) is 13.5. The van der Waals surface area contributed by atoms with Gasteiger partial charge in [-0.05, 0) is 12.1 Å². The van der Waals surface area contributed by atoms with Gasteiger partial charge in [0, 0.05) is 5.56 Å². The molecule has 0 saturated carbocycles. The predicted octanol–water partition coefficient (Wildman–Crippen LogP) is 2.04. The molecule has 1 aromatic rings. The molecule has 0 fully saturated rings. The average Bonchev–Trinajstić information content (AvgIpc) is 2.27. The molecule has 0 aromatic heterocycles. The Morgan fingerprint density at radius 1 is 1.35 bits per heavy atom. The lowest BCUT2D eigenvalue weighted by atomic mass is 10.1. The number of hydrogen-bond acceptors (Lipinski definition) is 4. The first-order chi connectivity index (χ1) is 7.84. The first kappa shape index (κ1) is 14.0. The van der Waals surface area contributed by atoms with E-state index in [4.69, 9.17) is 16.2 Å². The first-order valence-electron chi connectivity index (χ1n) is 4.64. The molecule has 17 heavy (non-hydrogen) atoms. The highest BCUT2D eigenvalue weighted by atomic mass is 32.2. The van der Waals surface area contributed by atoms with Crippen molar-refractivity contribution in [3.63, 3.8) is 0 Å². The molecular formula is C10H11F3N2OS. The van der Waals surface area contributed by atoms with Crippen molar-refractivity contribution in [2.45, 2.75) is 11.6 Å². The van der Waals surface area contributed by atoms with E-state index in [0.29, 0.717) is 5.56 Å². The molecule has 1 aromatic carbocycles. The summed E-state index contributed by atoms with van der Waals surface area (Å²) in [6.45, 7) is -0.298. The monoisotopic (exact) mass is 264 g/mol. The quantitative estimate of drug-likeness (QED) is 0.444. The number of aliphatic hydroxyl groups excluding tert-OH is 1. The molecule has 0 spiro atoms. The van der Waals surface area contributed by atoms with Crippen molar-refractivity contribution < 1.29 is 18.3 Å². The molecule has 3 nitrogen and oxygen atoms in total. The van der Waals surface area contributed by atoms with Crippen LogP contribution in [0.1, 0.15) is 11.1 Å². The number of aliphatic hydroxyl groups is 1. The molecule has 0 aliphatic carbocycles. The van der Waals surface area contributed by atoms with Crippen LogP contribution in [0, 0.1) is 5.41 Å². The largest absolute Gasteiger partial charge is 0.416 e. The van der Waals surface area contributed by atoms with Gasteiger partial charge in [0.25, 0.3) is 0 Å². The third-order valence-electron chi connectivity index (χ3n) is 1.92. The van der Waals surface area contributed by atoms with E-state index >= 15 is 0 Å². The van der Waals surface area contributed by atoms with E-state index in [2.05, 4.69) is 0 Å². The van der Waals surface area contributed by atoms with Crippen molar-refractivity contribution in [2.75, 3.05) is 6.61 Å². The minimum Gasteiger partial charge on any atom is -0.394 e. The average molecular weight is 264 g/mol. The molecular weight excluding hydrogens is 253 g/mol. The van der Waals surface area contributed by atoms with Crippen LogP contribution in [0.2, 0.25) is 0 Å². The lowest BCUT2D eigenvalue weighted by molar-refractivity contribution is -0.137. The van der Waals surface area contributed by atoms with Gasteiger partial charge < -0.3 is 10.8 Å². The molecule has 1 rings (SSSR count). The molecule has 0 aliphatic rings. The summed E-state index contributed by atoms with van der Waals surface area (Å²) in [5.74, 6) is 0. The van der Waals surface area contributed by atoms with Crippen molar-refractivity contribution in [1.29, 1.82) is 5.41 Å². The smallest absolute Gasteiger partial charge is 0.394 e. The van der Waals surface area contributed by atoms with Crippen molar-refractivity contribution in [3.05, 3.63) is 35.4 Å². The van der Waals surface area contributed by atoms with E-state index in [1.807, 2.05) is 0 Å². The van der Waals surface area contributed by atoms with Crippen LogP contribution in [-0.2, 0) is 6.18 Å². The zero-order chi connectivity index (χ0) is 13.1. The van der Waals surface area contributed by atoms with Crippen molar-refractivity contribution in [2.24, 2.45) is 5.73 Å². The fraction of sp³-hybridized carbons (Fsp3) is 0.300. The standard InChI is InChI=1S/C10H11F3N2OS/c11-10(12,13)7-3-1-6(2-4-7)9(15)17-8(14)5-16/h1-4,8,15-16H,5,14H2. The first-order valence-corrected chi connectivity index (χ1v) is 5.52. The molecule has 0 bridgehead atoms. The SMILES string of the molecule is N=C(SC(N)CO)c1ccc(C(F)(F)F)cc1. The number of nitrogens with two attached hydrogens (primary N) is 1. The van der Waals surface area contributed by atoms with Crippen LogP contribution in [0.15, 0.2) is 24.3 Å². The number of benzene rings is 1. The van der Waals surface area contributed by atoms with Gasteiger partial charge in [0.2, 0.25) is 0 Å². The Morgan fingerprint density at radius 2 is 1.88 bits per heavy atom. The van der Waals surface area contributed by atoms with Gasteiger partial charge in [-0.25, -0.2) is 0 Å². The molecule has 4 N–H and O–H groups in total. The van der Waals surface area contributed by atoms with Crippen LogP contribution in [-0.4, -0.2) is 22.1 Å². The van der Waals surface area contributed by atoms with Crippen LogP contribution in [0.5, 0.6) is 0 Å². The van der Waals surface area contributed by atoms with E-state index in [-0.39, 0.29) is 11.7 Å². The van der Waals surface area contributed by atoms with E-state index in [1.54, 1.807) is 0 Å². The second kappa shape index (κ2) is 5.52. The highest BCUT2D eigenvalue weighted by molar-refractivity contribution is 8.14. The number of thioether (sulfide) groups is 1. The van der Waals surface area contributed by atoms with Crippen LogP contribution < -0.4 is 5.73 Å². The Hall–Kier alpha value is -1.05. The molecule has 0 saturated heterocycles. The predicted molar refractivity (Wildman–Crippen MR) is 60.9 cm³/mol. The second-order valence-corrected chi connectivity index (χ2v) is 4.49. The fourth-order valence-electron chi connectivity index (χ4n) is 1.07. The maximum atomic E-state index is 12.3. The highest BCUT2D eigenvalue weighted by Gasteiger charge is 2.30. The molecule has 1 atom stereocenters. The molecule has 0 amide bonds. The van der Waals surface area contributed by atoms with Crippen LogP contribution in [0.4, 0.5) is 13.2 Å².